The quantitative estimate of drug-likeness (QED) is 0.526. The van der Waals surface area contributed by atoms with E-state index in [2.05, 4.69) is 28.0 Å². The third-order valence-electron chi connectivity index (χ3n) is 4.02. The van der Waals surface area contributed by atoms with Crippen molar-refractivity contribution >= 4 is 28.6 Å². The summed E-state index contributed by atoms with van der Waals surface area (Å²) in [6.07, 6.45) is 1.74. The number of rotatable bonds is 6. The standard InChI is InChI=1S/C21H21N3O/c1-16(17-7-3-2-4-8-17)14-23-24-21(25)15-22-20-12-11-18-9-5-6-10-19(18)13-20/h2-14,16,22H,15H2,1H3,(H,24,25)/b23-14+. The van der Waals surface area contributed by atoms with Gasteiger partial charge in [0.25, 0.3) is 5.91 Å². The number of hydrogen-bond donors (Lipinski definition) is 2. The van der Waals surface area contributed by atoms with Crippen molar-refractivity contribution < 1.29 is 4.79 Å². The molecular weight excluding hydrogens is 310 g/mol. The van der Waals surface area contributed by atoms with Gasteiger partial charge in [0.1, 0.15) is 0 Å². The zero-order valence-corrected chi connectivity index (χ0v) is 14.1. The third-order valence-corrected chi connectivity index (χ3v) is 4.02. The molecule has 3 aromatic rings. The van der Waals surface area contributed by atoms with E-state index in [-0.39, 0.29) is 18.4 Å². The molecule has 4 nitrogen and oxygen atoms in total. The molecule has 3 rings (SSSR count). The molecule has 1 unspecified atom stereocenters. The summed E-state index contributed by atoms with van der Waals surface area (Å²) >= 11 is 0. The average Bonchev–Trinajstić information content (AvgIpc) is 2.67. The first-order valence-electron chi connectivity index (χ1n) is 8.32. The summed E-state index contributed by atoms with van der Waals surface area (Å²) in [5.41, 5.74) is 4.63. The molecule has 25 heavy (non-hydrogen) atoms. The summed E-state index contributed by atoms with van der Waals surface area (Å²) in [5, 5.41) is 9.48. The molecule has 0 radical (unpaired) electrons. The number of hydrogen-bond acceptors (Lipinski definition) is 3. The van der Waals surface area contributed by atoms with E-state index >= 15 is 0 Å². The SMILES string of the molecule is CC(/C=N/NC(=O)CNc1ccc2ccccc2c1)c1ccccc1. The van der Waals surface area contributed by atoms with Gasteiger partial charge in [0, 0.05) is 17.8 Å². The molecule has 1 atom stereocenters. The van der Waals surface area contributed by atoms with Crippen molar-refractivity contribution in [2.24, 2.45) is 5.10 Å². The Kier molecular flexibility index (Phi) is 5.42. The van der Waals surface area contributed by atoms with Crippen LogP contribution in [-0.4, -0.2) is 18.7 Å². The lowest BCUT2D eigenvalue weighted by atomic mass is 10.0. The van der Waals surface area contributed by atoms with Crippen molar-refractivity contribution in [2.45, 2.75) is 12.8 Å². The number of benzene rings is 3. The molecule has 4 heteroatoms. The van der Waals surface area contributed by atoms with Crippen molar-refractivity contribution in [1.29, 1.82) is 0 Å². The van der Waals surface area contributed by atoms with Crippen LogP contribution in [0.1, 0.15) is 18.4 Å². The second kappa shape index (κ2) is 8.11. The number of nitrogens with one attached hydrogen (secondary N) is 2. The van der Waals surface area contributed by atoms with Crippen molar-refractivity contribution in [1.82, 2.24) is 5.43 Å². The summed E-state index contributed by atoms with van der Waals surface area (Å²) in [6, 6.07) is 24.2. The Bertz CT molecular complexity index is 874. The van der Waals surface area contributed by atoms with Gasteiger partial charge in [-0.15, -0.1) is 0 Å². The van der Waals surface area contributed by atoms with Crippen molar-refractivity contribution in [3.63, 3.8) is 0 Å². The first kappa shape index (κ1) is 16.7. The van der Waals surface area contributed by atoms with E-state index in [4.69, 9.17) is 0 Å². The fourth-order valence-electron chi connectivity index (χ4n) is 2.58. The number of anilines is 1. The van der Waals surface area contributed by atoms with Crippen LogP contribution in [0.4, 0.5) is 5.69 Å². The predicted molar refractivity (Wildman–Crippen MR) is 104 cm³/mol. The minimum Gasteiger partial charge on any atom is -0.376 e. The van der Waals surface area contributed by atoms with Gasteiger partial charge >= 0.3 is 0 Å². The van der Waals surface area contributed by atoms with Crippen molar-refractivity contribution in [2.75, 3.05) is 11.9 Å². The van der Waals surface area contributed by atoms with Crippen molar-refractivity contribution in [3.8, 4) is 0 Å². The molecule has 0 saturated heterocycles. The monoisotopic (exact) mass is 331 g/mol. The summed E-state index contributed by atoms with van der Waals surface area (Å²) in [5.74, 6) is -0.0281. The Hall–Kier alpha value is -3.14. The zero-order valence-electron chi connectivity index (χ0n) is 14.1. The van der Waals surface area contributed by atoms with Crippen LogP contribution >= 0.6 is 0 Å². The molecule has 0 aliphatic carbocycles. The molecule has 0 aliphatic heterocycles. The van der Waals surface area contributed by atoms with Gasteiger partial charge in [-0.05, 0) is 28.5 Å². The molecule has 0 aromatic heterocycles. The van der Waals surface area contributed by atoms with E-state index in [0.717, 1.165) is 16.6 Å². The molecule has 0 aliphatic rings. The van der Waals surface area contributed by atoms with E-state index in [0.29, 0.717) is 0 Å². The highest BCUT2D eigenvalue weighted by molar-refractivity contribution is 5.87. The van der Waals surface area contributed by atoms with Gasteiger partial charge in [-0.3, -0.25) is 4.79 Å². The summed E-state index contributed by atoms with van der Waals surface area (Å²) < 4.78 is 0. The van der Waals surface area contributed by atoms with E-state index in [1.807, 2.05) is 67.6 Å². The van der Waals surface area contributed by atoms with E-state index < -0.39 is 0 Å². The summed E-state index contributed by atoms with van der Waals surface area (Å²) in [6.45, 7) is 2.22. The van der Waals surface area contributed by atoms with Gasteiger partial charge in [-0.25, -0.2) is 5.43 Å². The number of nitrogens with zero attached hydrogens (tertiary/aromatic N) is 1. The Labute approximate surface area is 147 Å². The lowest BCUT2D eigenvalue weighted by Gasteiger charge is -2.07. The first-order chi connectivity index (χ1) is 12.2. The molecular formula is C21H21N3O. The Morgan fingerprint density at radius 3 is 2.52 bits per heavy atom. The minimum absolute atomic E-state index is 0.148. The number of fused-ring (bicyclic) bond motifs is 1. The maximum absolute atomic E-state index is 11.9. The number of carbonyl (C=O) groups excluding carboxylic acids is 1. The van der Waals surface area contributed by atoms with Crippen LogP contribution in [0.2, 0.25) is 0 Å². The van der Waals surface area contributed by atoms with Gasteiger partial charge in [-0.1, -0.05) is 67.6 Å². The maximum atomic E-state index is 11.9. The molecule has 0 saturated carbocycles. The third kappa shape index (κ3) is 4.67. The predicted octanol–water partition coefficient (Wildman–Crippen LogP) is 4.16. The first-order valence-corrected chi connectivity index (χ1v) is 8.32. The van der Waals surface area contributed by atoms with E-state index in [1.54, 1.807) is 6.21 Å². The van der Waals surface area contributed by atoms with Gasteiger partial charge in [0.2, 0.25) is 0 Å². The highest BCUT2D eigenvalue weighted by Gasteiger charge is 2.03. The van der Waals surface area contributed by atoms with Crippen LogP contribution in [0.15, 0.2) is 77.9 Å². The van der Waals surface area contributed by atoms with Gasteiger partial charge in [0.15, 0.2) is 0 Å². The number of carbonyl (C=O) groups is 1. The summed E-state index contributed by atoms with van der Waals surface area (Å²) in [7, 11) is 0. The van der Waals surface area contributed by atoms with Gasteiger partial charge < -0.3 is 5.32 Å². The Morgan fingerprint density at radius 2 is 1.72 bits per heavy atom. The molecule has 1 amide bonds. The highest BCUT2D eigenvalue weighted by atomic mass is 16.2. The number of amides is 1. The van der Waals surface area contributed by atoms with E-state index in [9.17, 15) is 4.79 Å². The maximum Gasteiger partial charge on any atom is 0.259 e. The molecule has 0 spiro atoms. The normalized spacial score (nSPS) is 12.2. The smallest absolute Gasteiger partial charge is 0.259 e. The van der Waals surface area contributed by atoms with Gasteiger partial charge in [0.05, 0.1) is 6.54 Å². The Morgan fingerprint density at radius 1 is 1.00 bits per heavy atom. The van der Waals surface area contributed by atoms with Crippen LogP contribution in [0.25, 0.3) is 10.8 Å². The van der Waals surface area contributed by atoms with Crippen LogP contribution in [0.5, 0.6) is 0 Å². The molecule has 0 heterocycles. The largest absolute Gasteiger partial charge is 0.376 e. The van der Waals surface area contributed by atoms with Crippen LogP contribution in [-0.2, 0) is 4.79 Å². The van der Waals surface area contributed by atoms with Gasteiger partial charge in [-0.2, -0.15) is 5.10 Å². The molecule has 3 aromatic carbocycles. The topological polar surface area (TPSA) is 53.5 Å². The second-order valence-electron chi connectivity index (χ2n) is 5.93. The van der Waals surface area contributed by atoms with Crippen LogP contribution < -0.4 is 10.7 Å². The minimum atomic E-state index is -0.176. The van der Waals surface area contributed by atoms with Crippen molar-refractivity contribution in [3.05, 3.63) is 78.4 Å². The highest BCUT2D eigenvalue weighted by Crippen LogP contribution is 2.18. The second-order valence-corrected chi connectivity index (χ2v) is 5.93. The summed E-state index contributed by atoms with van der Waals surface area (Å²) in [4.78, 5) is 11.9. The molecule has 126 valence electrons. The molecule has 0 fully saturated rings. The Balaban J connectivity index is 1.49. The molecule has 2 N–H and O–H groups in total. The fraction of sp³-hybridized carbons (Fsp3) is 0.143. The molecule has 0 bridgehead atoms. The lowest BCUT2D eigenvalue weighted by molar-refractivity contribution is -0.119. The zero-order chi connectivity index (χ0) is 17.5. The fourth-order valence-corrected chi connectivity index (χ4v) is 2.58. The van der Waals surface area contributed by atoms with E-state index in [1.165, 1.54) is 5.39 Å². The average molecular weight is 331 g/mol. The number of hydrazone groups is 1. The van der Waals surface area contributed by atoms with Crippen LogP contribution in [0, 0.1) is 0 Å². The van der Waals surface area contributed by atoms with Crippen LogP contribution in [0.3, 0.4) is 0 Å². The lowest BCUT2D eigenvalue weighted by Crippen LogP contribution is -2.26.